The van der Waals surface area contributed by atoms with Crippen molar-refractivity contribution in [3.05, 3.63) is 94.3 Å². The maximum atomic E-state index is 12.8. The fraction of sp³-hybridized carbons (Fsp3) is 0.286. The molecule has 0 radical (unpaired) electrons. The molecule has 0 aliphatic carbocycles. The molecule has 1 atom stereocenters. The number of para-hydroxylation sites is 2. The number of nitrogens with zero attached hydrogens (tertiary/aromatic N) is 2. The van der Waals surface area contributed by atoms with E-state index in [4.69, 9.17) is 21.3 Å². The van der Waals surface area contributed by atoms with Gasteiger partial charge in [0.2, 0.25) is 0 Å². The van der Waals surface area contributed by atoms with Gasteiger partial charge in [0, 0.05) is 6.54 Å². The number of imidazole rings is 1. The van der Waals surface area contributed by atoms with Gasteiger partial charge in [0.05, 0.1) is 34.3 Å². The summed E-state index contributed by atoms with van der Waals surface area (Å²) in [5.41, 5.74) is 4.87. The number of carbonyl (C=O) groups excluding carboxylic acids is 1. The van der Waals surface area contributed by atoms with E-state index in [9.17, 15) is 4.79 Å². The highest BCUT2D eigenvalue weighted by Crippen LogP contribution is 2.24. The van der Waals surface area contributed by atoms with Crippen LogP contribution in [0.4, 0.5) is 0 Å². The van der Waals surface area contributed by atoms with Gasteiger partial charge in [0.25, 0.3) is 5.91 Å². The van der Waals surface area contributed by atoms with Crippen LogP contribution < -0.4 is 10.1 Å². The predicted octanol–water partition coefficient (Wildman–Crippen LogP) is 6.66. The lowest BCUT2D eigenvalue weighted by Crippen LogP contribution is -2.29. The van der Waals surface area contributed by atoms with E-state index in [1.54, 1.807) is 18.2 Å². The molecule has 1 heterocycles. The fourth-order valence-corrected chi connectivity index (χ4v) is 4.30. The number of nitrogens with one attached hydrogen (secondary N) is 1. The van der Waals surface area contributed by atoms with Gasteiger partial charge in [0.1, 0.15) is 11.6 Å². The molecule has 4 aromatic rings. The minimum Gasteiger partial charge on any atom is -0.493 e. The number of hydrogen-bond donors (Lipinski definition) is 1. The number of hydrogen-bond acceptors (Lipinski definition) is 3. The second kappa shape index (κ2) is 10.7. The Morgan fingerprint density at radius 2 is 1.79 bits per heavy atom. The number of fused-ring (bicyclic) bond motifs is 1. The van der Waals surface area contributed by atoms with Gasteiger partial charge in [-0.3, -0.25) is 4.79 Å². The Labute approximate surface area is 205 Å². The van der Waals surface area contributed by atoms with Crippen molar-refractivity contribution >= 4 is 28.5 Å². The SMILES string of the molecule is Cc1cccc(OCCCCn2c(C(C)NC(=O)c3ccccc3Cl)nc3ccccc32)c1C. The quantitative estimate of drug-likeness (QED) is 0.275. The Kier molecular flexibility index (Phi) is 7.53. The second-order valence-corrected chi connectivity index (χ2v) is 8.95. The summed E-state index contributed by atoms with van der Waals surface area (Å²) in [6, 6.07) is 21.0. The molecule has 0 fully saturated rings. The van der Waals surface area contributed by atoms with Crippen LogP contribution in [0.15, 0.2) is 66.7 Å². The largest absolute Gasteiger partial charge is 0.493 e. The zero-order valence-corrected chi connectivity index (χ0v) is 20.6. The third-order valence-corrected chi connectivity index (χ3v) is 6.46. The number of amides is 1. The Morgan fingerprint density at radius 3 is 2.62 bits per heavy atom. The van der Waals surface area contributed by atoms with Gasteiger partial charge in [-0.15, -0.1) is 0 Å². The van der Waals surface area contributed by atoms with Crippen LogP contribution in [0.1, 0.15) is 53.1 Å². The minimum atomic E-state index is -0.276. The van der Waals surface area contributed by atoms with Gasteiger partial charge >= 0.3 is 0 Å². The van der Waals surface area contributed by atoms with Crippen LogP contribution in [0.2, 0.25) is 5.02 Å². The van der Waals surface area contributed by atoms with Crippen molar-refractivity contribution in [2.45, 2.75) is 46.2 Å². The molecule has 176 valence electrons. The van der Waals surface area contributed by atoms with Crippen LogP contribution in [0.25, 0.3) is 11.0 Å². The maximum absolute atomic E-state index is 12.8. The van der Waals surface area contributed by atoms with Gasteiger partial charge in [-0.1, -0.05) is 48.0 Å². The average Bonchev–Trinajstić information content (AvgIpc) is 3.20. The monoisotopic (exact) mass is 475 g/mol. The van der Waals surface area contributed by atoms with Crippen LogP contribution in [0.3, 0.4) is 0 Å². The number of benzene rings is 3. The number of ether oxygens (including phenoxy) is 1. The molecule has 5 nitrogen and oxygen atoms in total. The molecule has 6 heteroatoms. The average molecular weight is 476 g/mol. The molecule has 3 aromatic carbocycles. The van der Waals surface area contributed by atoms with E-state index < -0.39 is 0 Å². The van der Waals surface area contributed by atoms with Gasteiger partial charge in [0.15, 0.2) is 0 Å². The number of unbranched alkanes of at least 4 members (excludes halogenated alkanes) is 1. The van der Waals surface area contributed by atoms with Crippen LogP contribution in [0, 0.1) is 13.8 Å². The van der Waals surface area contributed by atoms with Crippen LogP contribution in [-0.2, 0) is 6.54 Å². The zero-order valence-electron chi connectivity index (χ0n) is 19.8. The topological polar surface area (TPSA) is 56.1 Å². The number of rotatable bonds is 9. The number of carbonyl (C=O) groups is 1. The van der Waals surface area contributed by atoms with E-state index in [0.717, 1.165) is 42.0 Å². The first-order chi connectivity index (χ1) is 16.5. The number of aryl methyl sites for hydroxylation is 2. The lowest BCUT2D eigenvalue weighted by Gasteiger charge is -2.17. The summed E-state index contributed by atoms with van der Waals surface area (Å²) in [5.74, 6) is 1.57. The molecule has 1 N–H and O–H groups in total. The van der Waals surface area contributed by atoms with E-state index >= 15 is 0 Å². The standard InChI is InChI=1S/C28H30ClN3O2/c1-19-11-10-16-26(20(19)2)34-18-9-8-17-32-25-15-7-6-14-24(25)31-27(32)21(3)30-28(33)22-12-4-5-13-23(22)29/h4-7,10-16,21H,8-9,17-18H2,1-3H3,(H,30,33). The Balaban J connectivity index is 1.44. The molecular formula is C28H30ClN3O2. The van der Waals surface area contributed by atoms with Gasteiger partial charge in [-0.25, -0.2) is 4.98 Å². The molecule has 0 spiro atoms. The molecule has 0 aliphatic rings. The summed E-state index contributed by atoms with van der Waals surface area (Å²) in [4.78, 5) is 17.6. The van der Waals surface area contributed by atoms with E-state index in [2.05, 4.69) is 35.9 Å². The second-order valence-electron chi connectivity index (χ2n) is 8.54. The lowest BCUT2D eigenvalue weighted by atomic mass is 10.1. The smallest absolute Gasteiger partial charge is 0.253 e. The normalized spacial score (nSPS) is 12.0. The molecule has 0 saturated heterocycles. The number of halogens is 1. The first-order valence-corrected chi connectivity index (χ1v) is 12.0. The van der Waals surface area contributed by atoms with Crippen molar-refractivity contribution < 1.29 is 9.53 Å². The molecule has 34 heavy (non-hydrogen) atoms. The third-order valence-electron chi connectivity index (χ3n) is 6.13. The first-order valence-electron chi connectivity index (χ1n) is 11.6. The molecule has 1 amide bonds. The summed E-state index contributed by atoms with van der Waals surface area (Å²) in [7, 11) is 0. The fourth-order valence-electron chi connectivity index (χ4n) is 4.08. The molecule has 0 aliphatic heterocycles. The molecule has 0 saturated carbocycles. The van der Waals surface area contributed by atoms with Crippen molar-refractivity contribution in [3.63, 3.8) is 0 Å². The highest BCUT2D eigenvalue weighted by Gasteiger charge is 2.20. The highest BCUT2D eigenvalue weighted by atomic mass is 35.5. The number of aromatic nitrogens is 2. The molecular weight excluding hydrogens is 446 g/mol. The lowest BCUT2D eigenvalue weighted by molar-refractivity contribution is 0.0938. The third kappa shape index (κ3) is 5.26. The van der Waals surface area contributed by atoms with Crippen molar-refractivity contribution in [1.82, 2.24) is 14.9 Å². The Hall–Kier alpha value is -3.31. The molecule has 4 rings (SSSR count). The van der Waals surface area contributed by atoms with Crippen molar-refractivity contribution in [2.24, 2.45) is 0 Å². The zero-order chi connectivity index (χ0) is 24.1. The highest BCUT2D eigenvalue weighted by molar-refractivity contribution is 6.33. The summed E-state index contributed by atoms with van der Waals surface area (Å²) in [5, 5.41) is 3.49. The predicted molar refractivity (Wildman–Crippen MR) is 138 cm³/mol. The van der Waals surface area contributed by atoms with Crippen molar-refractivity contribution in [1.29, 1.82) is 0 Å². The summed E-state index contributed by atoms with van der Waals surface area (Å²) in [6.07, 6.45) is 1.85. The van der Waals surface area contributed by atoms with Crippen molar-refractivity contribution in [2.75, 3.05) is 6.61 Å². The summed E-state index contributed by atoms with van der Waals surface area (Å²) in [6.45, 7) is 7.59. The molecule has 1 aromatic heterocycles. The Morgan fingerprint density at radius 1 is 1.03 bits per heavy atom. The van der Waals surface area contributed by atoms with E-state index in [0.29, 0.717) is 17.2 Å². The van der Waals surface area contributed by atoms with Gasteiger partial charge < -0.3 is 14.6 Å². The van der Waals surface area contributed by atoms with Gasteiger partial charge in [-0.05, 0) is 75.1 Å². The molecule has 1 unspecified atom stereocenters. The van der Waals surface area contributed by atoms with E-state index in [1.165, 1.54) is 11.1 Å². The van der Waals surface area contributed by atoms with E-state index in [1.807, 2.05) is 43.3 Å². The minimum absolute atomic E-state index is 0.210. The Bertz CT molecular complexity index is 1300. The van der Waals surface area contributed by atoms with Crippen LogP contribution in [-0.4, -0.2) is 22.1 Å². The van der Waals surface area contributed by atoms with Crippen molar-refractivity contribution in [3.8, 4) is 5.75 Å². The van der Waals surface area contributed by atoms with E-state index in [-0.39, 0.29) is 11.9 Å². The summed E-state index contributed by atoms with van der Waals surface area (Å²) >= 11 is 6.21. The van der Waals surface area contributed by atoms with Gasteiger partial charge in [-0.2, -0.15) is 0 Å². The maximum Gasteiger partial charge on any atom is 0.253 e. The van der Waals surface area contributed by atoms with Crippen LogP contribution in [0.5, 0.6) is 5.75 Å². The molecule has 0 bridgehead atoms. The first kappa shape index (κ1) is 23.8. The summed E-state index contributed by atoms with van der Waals surface area (Å²) < 4.78 is 8.22. The van der Waals surface area contributed by atoms with Crippen LogP contribution >= 0.6 is 11.6 Å².